The van der Waals surface area contributed by atoms with Gasteiger partial charge < -0.3 is 10.1 Å². The Morgan fingerprint density at radius 1 is 1.18 bits per heavy atom. The number of halogens is 1. The summed E-state index contributed by atoms with van der Waals surface area (Å²) in [5, 5.41) is 2.83. The van der Waals surface area contributed by atoms with Crippen molar-refractivity contribution in [3.63, 3.8) is 0 Å². The molecule has 1 atom stereocenters. The van der Waals surface area contributed by atoms with E-state index in [0.717, 1.165) is 11.1 Å². The predicted octanol–water partition coefficient (Wildman–Crippen LogP) is 3.72. The van der Waals surface area contributed by atoms with Crippen molar-refractivity contribution < 1.29 is 13.9 Å². The second kappa shape index (κ2) is 7.41. The molecule has 0 bridgehead atoms. The summed E-state index contributed by atoms with van der Waals surface area (Å²) in [5.41, 5.74) is 1.68. The van der Waals surface area contributed by atoms with E-state index in [2.05, 4.69) is 5.32 Å². The van der Waals surface area contributed by atoms with Crippen LogP contribution in [-0.2, 0) is 4.79 Å². The van der Waals surface area contributed by atoms with Crippen LogP contribution in [0.1, 0.15) is 24.1 Å². The molecular formula is C18H18FNO2. The van der Waals surface area contributed by atoms with Gasteiger partial charge in [-0.25, -0.2) is 4.39 Å². The number of nitrogens with one attached hydrogen (secondary N) is 1. The Labute approximate surface area is 129 Å². The highest BCUT2D eigenvalue weighted by molar-refractivity contribution is 5.92. The van der Waals surface area contributed by atoms with E-state index in [1.165, 1.54) is 18.2 Å². The molecule has 4 heteroatoms. The van der Waals surface area contributed by atoms with E-state index in [4.69, 9.17) is 4.74 Å². The minimum atomic E-state index is -0.293. The normalized spacial score (nSPS) is 12.1. The summed E-state index contributed by atoms with van der Waals surface area (Å²) >= 11 is 0. The molecule has 0 spiro atoms. The van der Waals surface area contributed by atoms with E-state index in [0.29, 0.717) is 5.75 Å². The van der Waals surface area contributed by atoms with Gasteiger partial charge in [0, 0.05) is 11.6 Å². The van der Waals surface area contributed by atoms with Crippen LogP contribution in [0.25, 0.3) is 6.08 Å². The van der Waals surface area contributed by atoms with Gasteiger partial charge in [-0.3, -0.25) is 4.79 Å². The van der Waals surface area contributed by atoms with Crippen molar-refractivity contribution in [2.45, 2.75) is 13.0 Å². The molecule has 2 aromatic carbocycles. The zero-order valence-electron chi connectivity index (χ0n) is 12.5. The number of hydrogen-bond acceptors (Lipinski definition) is 2. The molecule has 1 amide bonds. The van der Waals surface area contributed by atoms with E-state index < -0.39 is 0 Å². The molecule has 0 aromatic heterocycles. The molecule has 114 valence electrons. The second-order valence-electron chi connectivity index (χ2n) is 4.86. The lowest BCUT2D eigenvalue weighted by atomic mass is 10.1. The number of carbonyl (C=O) groups excluding carboxylic acids is 1. The van der Waals surface area contributed by atoms with E-state index >= 15 is 0 Å². The van der Waals surface area contributed by atoms with Gasteiger partial charge in [0.05, 0.1) is 13.2 Å². The van der Waals surface area contributed by atoms with Gasteiger partial charge in [-0.1, -0.05) is 30.3 Å². The van der Waals surface area contributed by atoms with Gasteiger partial charge in [0.15, 0.2) is 0 Å². The fraction of sp³-hybridized carbons (Fsp3) is 0.167. The summed E-state index contributed by atoms with van der Waals surface area (Å²) < 4.78 is 18.1. The molecule has 0 saturated carbocycles. The van der Waals surface area contributed by atoms with Crippen LogP contribution in [-0.4, -0.2) is 13.0 Å². The lowest BCUT2D eigenvalue weighted by Gasteiger charge is -2.12. The number of benzene rings is 2. The Hall–Kier alpha value is -2.62. The molecule has 0 saturated heterocycles. The van der Waals surface area contributed by atoms with Crippen molar-refractivity contribution in [3.05, 3.63) is 71.6 Å². The van der Waals surface area contributed by atoms with Crippen LogP contribution in [0.3, 0.4) is 0 Å². The van der Waals surface area contributed by atoms with Crippen LogP contribution < -0.4 is 10.1 Å². The summed E-state index contributed by atoms with van der Waals surface area (Å²) in [7, 11) is 1.59. The van der Waals surface area contributed by atoms with Crippen LogP contribution in [0, 0.1) is 5.82 Å². The SMILES string of the molecule is COc1ccccc1/C=C/C(=O)N[C@@H](C)c1ccc(F)cc1. The van der Waals surface area contributed by atoms with Crippen molar-refractivity contribution >= 4 is 12.0 Å². The lowest BCUT2D eigenvalue weighted by molar-refractivity contribution is -0.117. The highest BCUT2D eigenvalue weighted by Gasteiger charge is 2.07. The summed E-state index contributed by atoms with van der Waals surface area (Å²) in [6.07, 6.45) is 3.16. The maximum absolute atomic E-state index is 12.9. The minimum Gasteiger partial charge on any atom is -0.496 e. The van der Waals surface area contributed by atoms with Gasteiger partial charge >= 0.3 is 0 Å². The number of rotatable bonds is 5. The lowest BCUT2D eigenvalue weighted by Crippen LogP contribution is -2.24. The highest BCUT2D eigenvalue weighted by atomic mass is 19.1. The van der Waals surface area contributed by atoms with Gasteiger partial charge in [-0.05, 0) is 36.8 Å². The molecule has 0 heterocycles. The molecule has 2 rings (SSSR count). The molecule has 3 nitrogen and oxygen atoms in total. The molecule has 0 radical (unpaired) electrons. The summed E-state index contributed by atoms with van der Waals surface area (Å²) in [6.45, 7) is 1.85. The first kappa shape index (κ1) is 15.8. The Morgan fingerprint density at radius 2 is 1.86 bits per heavy atom. The van der Waals surface area contributed by atoms with Crippen molar-refractivity contribution in [3.8, 4) is 5.75 Å². The Bertz CT molecular complexity index is 665. The average molecular weight is 299 g/mol. The third-order valence-electron chi connectivity index (χ3n) is 3.28. The van der Waals surface area contributed by atoms with Crippen LogP contribution in [0.15, 0.2) is 54.6 Å². The first-order valence-corrected chi connectivity index (χ1v) is 6.97. The van der Waals surface area contributed by atoms with Gasteiger partial charge in [0.25, 0.3) is 0 Å². The molecule has 0 unspecified atom stereocenters. The topological polar surface area (TPSA) is 38.3 Å². The summed E-state index contributed by atoms with van der Waals surface area (Å²) in [6, 6.07) is 13.3. The van der Waals surface area contributed by atoms with Crippen molar-refractivity contribution in [1.82, 2.24) is 5.32 Å². The molecule has 1 N–H and O–H groups in total. The van der Waals surface area contributed by atoms with E-state index in [1.807, 2.05) is 31.2 Å². The van der Waals surface area contributed by atoms with Crippen LogP contribution in [0.4, 0.5) is 4.39 Å². The standard InChI is InChI=1S/C18H18FNO2/c1-13(14-7-10-16(19)11-8-14)20-18(21)12-9-15-5-3-4-6-17(15)22-2/h3-13H,1-2H3,(H,20,21)/b12-9+/t13-/m0/s1. The maximum atomic E-state index is 12.9. The number of ether oxygens (including phenoxy) is 1. The Morgan fingerprint density at radius 3 is 2.55 bits per heavy atom. The Balaban J connectivity index is 2.00. The van der Waals surface area contributed by atoms with Crippen molar-refractivity contribution in [2.24, 2.45) is 0 Å². The summed E-state index contributed by atoms with van der Waals surface area (Å²) in [4.78, 5) is 12.0. The molecule has 2 aromatic rings. The van der Waals surface area contributed by atoms with Gasteiger partial charge in [-0.15, -0.1) is 0 Å². The van der Waals surface area contributed by atoms with Crippen LogP contribution >= 0.6 is 0 Å². The smallest absolute Gasteiger partial charge is 0.244 e. The maximum Gasteiger partial charge on any atom is 0.244 e. The van der Waals surface area contributed by atoms with E-state index in [-0.39, 0.29) is 17.8 Å². The van der Waals surface area contributed by atoms with Gasteiger partial charge in [0.2, 0.25) is 5.91 Å². The van der Waals surface area contributed by atoms with Crippen LogP contribution in [0.2, 0.25) is 0 Å². The van der Waals surface area contributed by atoms with Crippen LogP contribution in [0.5, 0.6) is 5.75 Å². The molecule has 0 aliphatic rings. The zero-order valence-corrected chi connectivity index (χ0v) is 12.5. The highest BCUT2D eigenvalue weighted by Crippen LogP contribution is 2.18. The van der Waals surface area contributed by atoms with E-state index in [9.17, 15) is 9.18 Å². The quantitative estimate of drug-likeness (QED) is 0.854. The fourth-order valence-corrected chi connectivity index (χ4v) is 2.07. The minimum absolute atomic E-state index is 0.199. The van der Waals surface area contributed by atoms with Gasteiger partial charge in [0.1, 0.15) is 11.6 Å². The molecule has 0 aliphatic carbocycles. The van der Waals surface area contributed by atoms with E-state index in [1.54, 1.807) is 25.3 Å². The molecule has 0 aliphatic heterocycles. The monoisotopic (exact) mass is 299 g/mol. The Kier molecular flexibility index (Phi) is 5.31. The largest absolute Gasteiger partial charge is 0.496 e. The number of methoxy groups -OCH3 is 1. The average Bonchev–Trinajstić information content (AvgIpc) is 2.53. The number of amides is 1. The third kappa shape index (κ3) is 4.19. The number of hydrogen-bond donors (Lipinski definition) is 1. The van der Waals surface area contributed by atoms with Crippen molar-refractivity contribution in [1.29, 1.82) is 0 Å². The first-order chi connectivity index (χ1) is 10.6. The number of para-hydroxylation sites is 1. The third-order valence-corrected chi connectivity index (χ3v) is 3.28. The van der Waals surface area contributed by atoms with Crippen molar-refractivity contribution in [2.75, 3.05) is 7.11 Å². The molecule has 22 heavy (non-hydrogen) atoms. The van der Waals surface area contributed by atoms with Gasteiger partial charge in [-0.2, -0.15) is 0 Å². The zero-order chi connectivity index (χ0) is 15.9. The first-order valence-electron chi connectivity index (χ1n) is 6.97. The fourth-order valence-electron chi connectivity index (χ4n) is 2.07. The number of carbonyl (C=O) groups is 1. The molecule has 0 fully saturated rings. The second-order valence-corrected chi connectivity index (χ2v) is 4.86. The molecular weight excluding hydrogens is 281 g/mol. The summed E-state index contributed by atoms with van der Waals surface area (Å²) in [5.74, 6) is 0.194. The predicted molar refractivity (Wildman–Crippen MR) is 85.0 cm³/mol.